The van der Waals surface area contributed by atoms with E-state index in [9.17, 15) is 0 Å². The molecule has 1 aliphatic heterocycles. The van der Waals surface area contributed by atoms with Gasteiger partial charge in [0.15, 0.2) is 0 Å². The predicted octanol–water partition coefficient (Wildman–Crippen LogP) is 12.0. The fourth-order valence-electron chi connectivity index (χ4n) is 11.1. The van der Waals surface area contributed by atoms with Crippen LogP contribution in [0, 0.1) is 23.7 Å². The second kappa shape index (κ2) is 9.02. The summed E-state index contributed by atoms with van der Waals surface area (Å²) in [5.41, 5.74) is 14.5. The standard InChI is InChI=1S/C44H34S/c1-2-14-38-36(11-1)43-34(12-6-15-39(43)44(38)32-20-26-19-27(22-32)23-33(44)21-26)31-10-3-9-29(24-31)30-17-18-40-37(25-30)35-13-4-7-28-8-5-16-41(45-40)42(28)35/h1-18,24-27,32-33H,19-23H2. The lowest BCUT2D eigenvalue weighted by atomic mass is 9.43. The zero-order valence-electron chi connectivity index (χ0n) is 25.3. The Kier molecular flexibility index (Phi) is 5.04. The minimum Gasteiger partial charge on any atom is -0.0888 e. The van der Waals surface area contributed by atoms with Crippen molar-refractivity contribution < 1.29 is 0 Å². The van der Waals surface area contributed by atoms with Gasteiger partial charge in [0.25, 0.3) is 0 Å². The zero-order valence-corrected chi connectivity index (χ0v) is 26.1. The van der Waals surface area contributed by atoms with Crippen LogP contribution in [0.3, 0.4) is 0 Å². The molecule has 0 nitrogen and oxygen atoms in total. The monoisotopic (exact) mass is 594 g/mol. The van der Waals surface area contributed by atoms with Gasteiger partial charge in [-0.25, -0.2) is 0 Å². The summed E-state index contributed by atoms with van der Waals surface area (Å²) in [5.74, 6) is 3.51. The Bertz CT molecular complexity index is 2190. The lowest BCUT2D eigenvalue weighted by molar-refractivity contribution is -0.0399. The van der Waals surface area contributed by atoms with Gasteiger partial charge in [-0.1, -0.05) is 109 Å². The molecule has 1 heterocycles. The first-order valence-electron chi connectivity index (χ1n) is 16.9. The van der Waals surface area contributed by atoms with Crippen LogP contribution in [0.5, 0.6) is 0 Å². The molecule has 6 aromatic rings. The fourth-order valence-corrected chi connectivity index (χ4v) is 12.2. The van der Waals surface area contributed by atoms with Crippen molar-refractivity contribution in [1.29, 1.82) is 0 Å². The molecule has 12 rings (SSSR count). The average Bonchev–Trinajstić information content (AvgIpc) is 3.38. The van der Waals surface area contributed by atoms with Crippen LogP contribution in [0.15, 0.2) is 131 Å². The van der Waals surface area contributed by atoms with E-state index in [1.54, 1.807) is 11.1 Å². The first-order chi connectivity index (χ1) is 22.3. The Morgan fingerprint density at radius 3 is 2.00 bits per heavy atom. The molecule has 0 amide bonds. The molecular weight excluding hydrogens is 561 g/mol. The number of hydrogen-bond donors (Lipinski definition) is 0. The maximum absolute atomic E-state index is 2.52. The predicted molar refractivity (Wildman–Crippen MR) is 188 cm³/mol. The highest BCUT2D eigenvalue weighted by molar-refractivity contribution is 7.99. The smallest absolute Gasteiger partial charge is 0.0272 e. The van der Waals surface area contributed by atoms with Crippen LogP contribution < -0.4 is 0 Å². The quantitative estimate of drug-likeness (QED) is 0.192. The number of rotatable bonds is 2. The van der Waals surface area contributed by atoms with Crippen molar-refractivity contribution in [3.05, 3.63) is 132 Å². The van der Waals surface area contributed by atoms with E-state index in [0.29, 0.717) is 0 Å². The second-order valence-corrected chi connectivity index (χ2v) is 15.6. The first-order valence-corrected chi connectivity index (χ1v) is 17.8. The van der Waals surface area contributed by atoms with Gasteiger partial charge in [-0.05, 0) is 141 Å². The van der Waals surface area contributed by atoms with Crippen molar-refractivity contribution in [3.8, 4) is 44.5 Å². The Balaban J connectivity index is 1.06. The highest BCUT2D eigenvalue weighted by atomic mass is 32.2. The largest absolute Gasteiger partial charge is 0.0888 e. The van der Waals surface area contributed by atoms with Gasteiger partial charge < -0.3 is 0 Å². The van der Waals surface area contributed by atoms with Crippen LogP contribution in [0.25, 0.3) is 55.3 Å². The van der Waals surface area contributed by atoms with E-state index < -0.39 is 0 Å². The lowest BCUT2D eigenvalue weighted by Gasteiger charge is -2.61. The molecule has 4 saturated carbocycles. The molecular formula is C44H34S. The summed E-state index contributed by atoms with van der Waals surface area (Å²) in [6, 6.07) is 46.7. The highest BCUT2D eigenvalue weighted by Crippen LogP contribution is 2.70. The van der Waals surface area contributed by atoms with Crippen LogP contribution >= 0.6 is 11.8 Å². The van der Waals surface area contributed by atoms with Gasteiger partial charge in [0.05, 0.1) is 0 Å². The molecule has 5 aliphatic carbocycles. The topological polar surface area (TPSA) is 0 Å². The molecule has 216 valence electrons. The Labute approximate surface area is 269 Å². The van der Waals surface area contributed by atoms with Crippen molar-refractivity contribution >= 4 is 22.5 Å². The van der Waals surface area contributed by atoms with Crippen molar-refractivity contribution in [2.24, 2.45) is 23.7 Å². The van der Waals surface area contributed by atoms with Gasteiger partial charge >= 0.3 is 0 Å². The molecule has 6 aromatic carbocycles. The molecule has 4 fully saturated rings. The molecule has 4 bridgehead atoms. The minimum atomic E-state index is 0.209. The summed E-state index contributed by atoms with van der Waals surface area (Å²) >= 11 is 1.91. The van der Waals surface area contributed by atoms with Crippen LogP contribution in [0.1, 0.15) is 43.2 Å². The SMILES string of the molecule is c1cc(-c2ccc3c(c2)-c2cccc4cccc(c24)S3)cc(-c2cccc3c2-c2ccccc2C32C3CC4CC(C3)CC2C4)c1. The third kappa shape index (κ3) is 3.30. The maximum Gasteiger partial charge on any atom is 0.0272 e. The van der Waals surface area contributed by atoms with Gasteiger partial charge in [0.1, 0.15) is 0 Å². The van der Waals surface area contributed by atoms with E-state index >= 15 is 0 Å². The fraction of sp³-hybridized carbons (Fsp3) is 0.227. The molecule has 6 aliphatic rings. The van der Waals surface area contributed by atoms with Crippen LogP contribution in [0.4, 0.5) is 0 Å². The zero-order chi connectivity index (χ0) is 29.3. The van der Waals surface area contributed by atoms with Crippen LogP contribution in [-0.4, -0.2) is 0 Å². The molecule has 0 saturated heterocycles. The van der Waals surface area contributed by atoms with Crippen LogP contribution in [-0.2, 0) is 5.41 Å². The number of fused-ring (bicyclic) bond motifs is 5. The summed E-state index contributed by atoms with van der Waals surface area (Å²) < 4.78 is 0. The van der Waals surface area contributed by atoms with E-state index in [2.05, 4.69) is 121 Å². The average molecular weight is 595 g/mol. The van der Waals surface area contributed by atoms with Crippen molar-refractivity contribution in [1.82, 2.24) is 0 Å². The van der Waals surface area contributed by atoms with Gasteiger partial charge in [-0.2, -0.15) is 0 Å². The lowest BCUT2D eigenvalue weighted by Crippen LogP contribution is -2.55. The number of hydrogen-bond acceptors (Lipinski definition) is 1. The summed E-state index contributed by atoms with van der Waals surface area (Å²) in [6.07, 6.45) is 7.20. The van der Waals surface area contributed by atoms with Gasteiger partial charge in [0, 0.05) is 20.6 Å². The van der Waals surface area contributed by atoms with Gasteiger partial charge in [0.2, 0.25) is 0 Å². The van der Waals surface area contributed by atoms with E-state index in [1.807, 2.05) is 11.8 Å². The summed E-state index contributed by atoms with van der Waals surface area (Å²) in [6.45, 7) is 0. The molecule has 0 atom stereocenters. The number of benzene rings is 6. The molecule has 1 spiro atoms. The summed E-state index contributed by atoms with van der Waals surface area (Å²) in [7, 11) is 0. The molecule has 0 unspecified atom stereocenters. The van der Waals surface area contributed by atoms with Gasteiger partial charge in [-0.15, -0.1) is 0 Å². The molecule has 45 heavy (non-hydrogen) atoms. The minimum absolute atomic E-state index is 0.209. The van der Waals surface area contributed by atoms with E-state index in [0.717, 1.165) is 23.7 Å². The molecule has 0 radical (unpaired) electrons. The molecule has 0 N–H and O–H groups in total. The van der Waals surface area contributed by atoms with Crippen molar-refractivity contribution in [2.75, 3.05) is 0 Å². The van der Waals surface area contributed by atoms with Crippen molar-refractivity contribution in [3.63, 3.8) is 0 Å². The maximum atomic E-state index is 2.52. The summed E-state index contributed by atoms with van der Waals surface area (Å²) in [4.78, 5) is 2.71. The molecule has 1 heteroatoms. The van der Waals surface area contributed by atoms with E-state index in [-0.39, 0.29) is 5.41 Å². The Hall–Kier alpha value is -4.07. The Morgan fingerprint density at radius 1 is 0.467 bits per heavy atom. The second-order valence-electron chi connectivity index (χ2n) is 14.5. The third-order valence-corrected chi connectivity index (χ3v) is 13.6. The van der Waals surface area contributed by atoms with Crippen LogP contribution in [0.2, 0.25) is 0 Å². The molecule has 0 aromatic heterocycles. The Morgan fingerprint density at radius 2 is 1.13 bits per heavy atom. The third-order valence-electron chi connectivity index (χ3n) is 12.4. The first kappa shape index (κ1) is 25.2. The van der Waals surface area contributed by atoms with Crippen molar-refractivity contribution in [2.45, 2.75) is 47.3 Å². The van der Waals surface area contributed by atoms with Gasteiger partial charge in [-0.3, -0.25) is 0 Å². The van der Waals surface area contributed by atoms with E-state index in [4.69, 9.17) is 0 Å². The summed E-state index contributed by atoms with van der Waals surface area (Å²) in [5, 5.41) is 2.71. The van der Waals surface area contributed by atoms with E-state index in [1.165, 1.54) is 97.2 Å². The highest BCUT2D eigenvalue weighted by Gasteiger charge is 2.61. The normalized spacial score (nSPS) is 26.2.